The van der Waals surface area contributed by atoms with E-state index in [1.54, 1.807) is 27.7 Å². The largest absolute Gasteiger partial charge is 0.456 e. The average molecular weight is 468 g/mol. The molecule has 0 saturated carbocycles. The Kier molecular flexibility index (Phi) is 10.6. The standard InChI is InChI=1S/C19H33O11P/c1-10(2)29-31(24,30-11(3)4)9-8-15-16(25-12(5)20)17(26-13(6)21)18(19(23)28-15)27-14(7)22/h10-11,15-19,23H,8-9H2,1-7H3/t15-,16-,17+,18+,19?/m1/s1. The van der Waals surface area contributed by atoms with Crippen LogP contribution in [0.3, 0.4) is 0 Å². The Bertz CT molecular complexity index is 664. The highest BCUT2D eigenvalue weighted by Crippen LogP contribution is 2.51. The molecule has 0 spiro atoms. The minimum Gasteiger partial charge on any atom is -0.456 e. The summed E-state index contributed by atoms with van der Waals surface area (Å²) in [7, 11) is -3.56. The lowest BCUT2D eigenvalue weighted by Crippen LogP contribution is -2.61. The van der Waals surface area contributed by atoms with Crippen molar-refractivity contribution < 1.29 is 52.1 Å². The second-order valence-electron chi connectivity index (χ2n) is 7.72. The average Bonchev–Trinajstić information content (AvgIpc) is 2.56. The van der Waals surface area contributed by atoms with Crippen molar-refractivity contribution in [2.75, 3.05) is 6.16 Å². The van der Waals surface area contributed by atoms with E-state index in [9.17, 15) is 24.1 Å². The number of ether oxygens (including phenoxy) is 4. The summed E-state index contributed by atoms with van der Waals surface area (Å²) in [6.07, 6.45) is -7.64. The zero-order valence-electron chi connectivity index (χ0n) is 18.9. The number of aliphatic hydroxyl groups is 1. The molecule has 0 aromatic rings. The van der Waals surface area contributed by atoms with Crippen molar-refractivity contribution in [1.82, 2.24) is 0 Å². The Morgan fingerprint density at radius 2 is 1.26 bits per heavy atom. The van der Waals surface area contributed by atoms with Crippen LogP contribution in [-0.2, 0) is 46.9 Å². The Morgan fingerprint density at radius 3 is 1.68 bits per heavy atom. The maximum atomic E-state index is 13.1. The van der Waals surface area contributed by atoms with E-state index in [0.717, 1.165) is 20.8 Å². The number of carbonyl (C=O) groups excluding carboxylic acids is 3. The van der Waals surface area contributed by atoms with Gasteiger partial charge in [0.1, 0.15) is 6.10 Å². The fourth-order valence-electron chi connectivity index (χ4n) is 3.16. The lowest BCUT2D eigenvalue weighted by Gasteiger charge is -2.43. The quantitative estimate of drug-likeness (QED) is 0.285. The van der Waals surface area contributed by atoms with Crippen LogP contribution in [0.1, 0.15) is 54.9 Å². The van der Waals surface area contributed by atoms with Gasteiger partial charge in [-0.3, -0.25) is 18.9 Å². The molecule has 12 heteroatoms. The van der Waals surface area contributed by atoms with Crippen LogP contribution >= 0.6 is 7.60 Å². The number of carbonyl (C=O) groups is 3. The number of rotatable bonds is 10. The molecule has 31 heavy (non-hydrogen) atoms. The van der Waals surface area contributed by atoms with E-state index in [1.807, 2.05) is 0 Å². The Balaban J connectivity index is 3.18. The third-order valence-corrected chi connectivity index (χ3v) is 6.24. The first-order chi connectivity index (χ1) is 14.2. The van der Waals surface area contributed by atoms with Crippen molar-refractivity contribution in [2.24, 2.45) is 0 Å². The molecule has 5 atom stereocenters. The normalized spacial score (nSPS) is 26.6. The molecule has 0 amide bonds. The second-order valence-corrected chi connectivity index (χ2v) is 9.81. The molecule has 1 rings (SSSR count). The number of hydrogen-bond donors (Lipinski definition) is 1. The molecule has 1 aliphatic heterocycles. The summed E-state index contributed by atoms with van der Waals surface area (Å²) in [4.78, 5) is 34.8. The predicted octanol–water partition coefficient (Wildman–Crippen LogP) is 1.93. The first-order valence-electron chi connectivity index (χ1n) is 10.0. The fraction of sp³-hybridized carbons (Fsp3) is 0.842. The molecule has 0 radical (unpaired) electrons. The van der Waals surface area contributed by atoms with Crippen molar-refractivity contribution >= 4 is 25.5 Å². The summed E-state index contributed by atoms with van der Waals surface area (Å²) in [6.45, 7) is 10.2. The minimum atomic E-state index is -3.56. The maximum Gasteiger partial charge on any atom is 0.331 e. The topological polar surface area (TPSA) is 144 Å². The third kappa shape index (κ3) is 9.24. The summed E-state index contributed by atoms with van der Waals surface area (Å²) in [6, 6.07) is 0. The van der Waals surface area contributed by atoms with Crippen molar-refractivity contribution in [1.29, 1.82) is 0 Å². The summed E-state index contributed by atoms with van der Waals surface area (Å²) < 4.78 is 45.2. The van der Waals surface area contributed by atoms with Gasteiger partial charge in [0.05, 0.1) is 18.4 Å². The van der Waals surface area contributed by atoms with Gasteiger partial charge in [0, 0.05) is 20.8 Å². The highest BCUT2D eigenvalue weighted by molar-refractivity contribution is 7.53. The van der Waals surface area contributed by atoms with E-state index in [2.05, 4.69) is 0 Å². The van der Waals surface area contributed by atoms with Gasteiger partial charge in [-0.15, -0.1) is 0 Å². The van der Waals surface area contributed by atoms with E-state index >= 15 is 0 Å². The zero-order valence-corrected chi connectivity index (χ0v) is 19.8. The highest BCUT2D eigenvalue weighted by atomic mass is 31.2. The van der Waals surface area contributed by atoms with E-state index in [-0.39, 0.29) is 24.8 Å². The van der Waals surface area contributed by atoms with Crippen LogP contribution in [0.25, 0.3) is 0 Å². The van der Waals surface area contributed by atoms with E-state index < -0.39 is 56.2 Å². The lowest BCUT2D eigenvalue weighted by atomic mass is 9.96. The summed E-state index contributed by atoms with van der Waals surface area (Å²) in [5, 5.41) is 10.4. The molecule has 1 fully saturated rings. The molecule has 0 aromatic carbocycles. The molecular weight excluding hydrogens is 435 g/mol. The van der Waals surface area contributed by atoms with Gasteiger partial charge < -0.3 is 33.1 Å². The maximum absolute atomic E-state index is 13.1. The van der Waals surface area contributed by atoms with Crippen LogP contribution in [0.4, 0.5) is 0 Å². The van der Waals surface area contributed by atoms with Gasteiger partial charge in [0.25, 0.3) is 0 Å². The number of aliphatic hydroxyl groups excluding tert-OH is 1. The monoisotopic (exact) mass is 468 g/mol. The van der Waals surface area contributed by atoms with Crippen molar-refractivity contribution in [2.45, 2.75) is 97.8 Å². The van der Waals surface area contributed by atoms with Crippen molar-refractivity contribution in [3.63, 3.8) is 0 Å². The van der Waals surface area contributed by atoms with Crippen LogP contribution in [0.5, 0.6) is 0 Å². The summed E-state index contributed by atoms with van der Waals surface area (Å²) in [5.74, 6) is -2.22. The molecule has 180 valence electrons. The fourth-order valence-corrected chi connectivity index (χ4v) is 5.28. The molecule has 1 unspecified atom stereocenters. The Labute approximate surface area is 182 Å². The van der Waals surface area contributed by atoms with Crippen LogP contribution in [0.2, 0.25) is 0 Å². The Morgan fingerprint density at radius 1 is 0.839 bits per heavy atom. The first-order valence-corrected chi connectivity index (χ1v) is 11.8. The molecule has 1 aliphatic rings. The highest BCUT2D eigenvalue weighted by Gasteiger charge is 2.51. The molecule has 0 aromatic heterocycles. The zero-order chi connectivity index (χ0) is 23.9. The Hall–Kier alpha value is -1.52. The SMILES string of the molecule is CC(=O)O[C@H]1[C@H](OC(C)=O)[C@@H](CCP(=O)(OC(C)C)OC(C)C)OC(O)[C@H]1OC(C)=O. The van der Waals surface area contributed by atoms with Gasteiger partial charge in [-0.25, -0.2) is 0 Å². The molecule has 1 N–H and O–H groups in total. The van der Waals surface area contributed by atoms with E-state index in [4.69, 9.17) is 28.0 Å². The summed E-state index contributed by atoms with van der Waals surface area (Å²) >= 11 is 0. The summed E-state index contributed by atoms with van der Waals surface area (Å²) in [5.41, 5.74) is 0. The van der Waals surface area contributed by atoms with E-state index in [0.29, 0.717) is 0 Å². The third-order valence-electron chi connectivity index (χ3n) is 3.95. The molecular formula is C19H33O11P. The molecule has 0 aliphatic carbocycles. The van der Waals surface area contributed by atoms with Crippen LogP contribution in [-0.4, -0.2) is 72.1 Å². The van der Waals surface area contributed by atoms with E-state index in [1.165, 1.54) is 0 Å². The smallest absolute Gasteiger partial charge is 0.331 e. The predicted molar refractivity (Wildman–Crippen MR) is 107 cm³/mol. The number of hydrogen-bond acceptors (Lipinski definition) is 11. The van der Waals surface area contributed by atoms with Crippen molar-refractivity contribution in [3.8, 4) is 0 Å². The van der Waals surface area contributed by atoms with Gasteiger partial charge >= 0.3 is 25.5 Å². The molecule has 0 bridgehead atoms. The second kappa shape index (κ2) is 11.9. The van der Waals surface area contributed by atoms with Gasteiger partial charge in [0.2, 0.25) is 0 Å². The van der Waals surface area contributed by atoms with Gasteiger partial charge in [-0.2, -0.15) is 0 Å². The number of esters is 3. The van der Waals surface area contributed by atoms with Gasteiger partial charge in [-0.1, -0.05) is 0 Å². The van der Waals surface area contributed by atoms with Crippen LogP contribution in [0, 0.1) is 0 Å². The molecule has 11 nitrogen and oxygen atoms in total. The van der Waals surface area contributed by atoms with Crippen LogP contribution in [0.15, 0.2) is 0 Å². The molecule has 1 heterocycles. The first kappa shape index (κ1) is 27.5. The molecule has 1 saturated heterocycles. The minimum absolute atomic E-state index is 0.0315. The van der Waals surface area contributed by atoms with Gasteiger partial charge in [-0.05, 0) is 34.1 Å². The van der Waals surface area contributed by atoms with Crippen molar-refractivity contribution in [3.05, 3.63) is 0 Å². The van der Waals surface area contributed by atoms with Crippen LogP contribution < -0.4 is 0 Å². The lowest BCUT2D eigenvalue weighted by molar-refractivity contribution is -0.291. The van der Waals surface area contributed by atoms with Gasteiger partial charge in [0.15, 0.2) is 24.6 Å².